The van der Waals surface area contributed by atoms with Gasteiger partial charge in [-0.1, -0.05) is 6.07 Å². The Hall–Kier alpha value is -2.11. The largest absolute Gasteiger partial charge is 0.337 e. The standard InChI is InChI=1S/C14H20N4O2/c1-11-4-5-12(16-10-11)17-13(19)6-7-15-14(20)18-8-2-3-9-18/h4-5,10H,2-3,6-9H2,1H3,(H,15,20)(H,16,17,19). The SMILES string of the molecule is Cc1ccc(NC(=O)CCNC(=O)N2CCCC2)nc1. The number of anilines is 1. The summed E-state index contributed by atoms with van der Waals surface area (Å²) in [4.78, 5) is 29.3. The van der Waals surface area contributed by atoms with E-state index in [9.17, 15) is 9.59 Å². The summed E-state index contributed by atoms with van der Waals surface area (Å²) >= 11 is 0. The lowest BCUT2D eigenvalue weighted by Gasteiger charge is -2.15. The zero-order valence-electron chi connectivity index (χ0n) is 11.7. The van der Waals surface area contributed by atoms with E-state index in [1.807, 2.05) is 13.0 Å². The van der Waals surface area contributed by atoms with Crippen molar-refractivity contribution >= 4 is 17.8 Å². The van der Waals surface area contributed by atoms with Crippen molar-refractivity contribution in [2.45, 2.75) is 26.2 Å². The molecule has 0 spiro atoms. The summed E-state index contributed by atoms with van der Waals surface area (Å²) in [5.74, 6) is 0.384. The predicted molar refractivity (Wildman–Crippen MR) is 76.4 cm³/mol. The van der Waals surface area contributed by atoms with Crippen LogP contribution in [0.1, 0.15) is 24.8 Å². The molecule has 0 aromatic carbocycles. The first kappa shape index (κ1) is 14.3. The molecule has 1 aliphatic heterocycles. The van der Waals surface area contributed by atoms with Gasteiger partial charge in [-0.25, -0.2) is 9.78 Å². The fourth-order valence-electron chi connectivity index (χ4n) is 2.06. The quantitative estimate of drug-likeness (QED) is 0.875. The van der Waals surface area contributed by atoms with Gasteiger partial charge in [0.25, 0.3) is 0 Å². The average Bonchev–Trinajstić information content (AvgIpc) is 2.95. The number of amides is 3. The molecule has 1 aromatic heterocycles. The highest BCUT2D eigenvalue weighted by Gasteiger charge is 2.17. The van der Waals surface area contributed by atoms with E-state index in [1.165, 1.54) is 0 Å². The minimum atomic E-state index is -0.150. The van der Waals surface area contributed by atoms with Crippen molar-refractivity contribution in [1.29, 1.82) is 0 Å². The average molecular weight is 276 g/mol. The maximum atomic E-state index is 11.7. The van der Waals surface area contributed by atoms with Gasteiger partial charge in [0.05, 0.1) is 0 Å². The first-order valence-electron chi connectivity index (χ1n) is 6.90. The second kappa shape index (κ2) is 6.88. The van der Waals surface area contributed by atoms with Crippen molar-refractivity contribution in [3.63, 3.8) is 0 Å². The summed E-state index contributed by atoms with van der Waals surface area (Å²) in [6, 6.07) is 3.57. The molecule has 0 aliphatic carbocycles. The van der Waals surface area contributed by atoms with Crippen molar-refractivity contribution in [2.75, 3.05) is 25.0 Å². The number of rotatable bonds is 4. The summed E-state index contributed by atoms with van der Waals surface area (Å²) in [6.45, 7) is 3.90. The van der Waals surface area contributed by atoms with Crippen LogP contribution in [0.3, 0.4) is 0 Å². The summed E-state index contributed by atoms with van der Waals surface area (Å²) in [5, 5.41) is 5.45. The third-order valence-corrected chi connectivity index (χ3v) is 3.20. The molecule has 1 aromatic rings. The van der Waals surface area contributed by atoms with E-state index in [0.29, 0.717) is 12.4 Å². The molecular weight excluding hydrogens is 256 g/mol. The van der Waals surface area contributed by atoms with Crippen molar-refractivity contribution in [1.82, 2.24) is 15.2 Å². The Morgan fingerprint density at radius 3 is 2.70 bits per heavy atom. The third-order valence-electron chi connectivity index (χ3n) is 3.20. The lowest BCUT2D eigenvalue weighted by molar-refractivity contribution is -0.116. The van der Waals surface area contributed by atoms with Gasteiger partial charge >= 0.3 is 6.03 Å². The number of hydrogen-bond acceptors (Lipinski definition) is 3. The van der Waals surface area contributed by atoms with Crippen LogP contribution in [-0.2, 0) is 4.79 Å². The number of carbonyl (C=O) groups excluding carboxylic acids is 2. The van der Waals surface area contributed by atoms with E-state index in [4.69, 9.17) is 0 Å². The van der Waals surface area contributed by atoms with Crippen molar-refractivity contribution in [2.24, 2.45) is 0 Å². The highest BCUT2D eigenvalue weighted by molar-refractivity contribution is 5.90. The van der Waals surface area contributed by atoms with Gasteiger partial charge in [0, 0.05) is 32.3 Å². The van der Waals surface area contributed by atoms with Crippen molar-refractivity contribution in [3.8, 4) is 0 Å². The van der Waals surface area contributed by atoms with Crippen LogP contribution in [0.4, 0.5) is 10.6 Å². The second-order valence-corrected chi connectivity index (χ2v) is 4.95. The Morgan fingerprint density at radius 2 is 2.05 bits per heavy atom. The molecule has 2 heterocycles. The fraction of sp³-hybridized carbons (Fsp3) is 0.500. The van der Waals surface area contributed by atoms with Crippen LogP contribution in [0.2, 0.25) is 0 Å². The molecule has 6 nitrogen and oxygen atoms in total. The van der Waals surface area contributed by atoms with E-state index < -0.39 is 0 Å². The van der Waals surface area contributed by atoms with Gasteiger partial charge in [0.1, 0.15) is 5.82 Å². The number of nitrogens with zero attached hydrogens (tertiary/aromatic N) is 2. The summed E-state index contributed by atoms with van der Waals surface area (Å²) in [5.41, 5.74) is 1.04. The summed E-state index contributed by atoms with van der Waals surface area (Å²) < 4.78 is 0. The Bertz CT molecular complexity index is 467. The van der Waals surface area contributed by atoms with Gasteiger partial charge in [-0.15, -0.1) is 0 Å². The summed E-state index contributed by atoms with van der Waals surface area (Å²) in [7, 11) is 0. The number of likely N-dealkylation sites (tertiary alicyclic amines) is 1. The van der Waals surface area contributed by atoms with Gasteiger partial charge in [-0.05, 0) is 31.4 Å². The number of nitrogens with one attached hydrogen (secondary N) is 2. The zero-order valence-corrected chi connectivity index (χ0v) is 11.7. The van der Waals surface area contributed by atoms with Crippen LogP contribution in [0.15, 0.2) is 18.3 Å². The van der Waals surface area contributed by atoms with Crippen molar-refractivity contribution < 1.29 is 9.59 Å². The zero-order chi connectivity index (χ0) is 14.4. The molecule has 1 saturated heterocycles. The molecule has 1 aliphatic rings. The molecule has 0 bridgehead atoms. The molecule has 0 atom stereocenters. The van der Waals surface area contributed by atoms with Gasteiger partial charge in [0.2, 0.25) is 5.91 Å². The molecule has 0 saturated carbocycles. The molecule has 0 radical (unpaired) electrons. The molecule has 6 heteroatoms. The molecule has 0 unspecified atom stereocenters. The van der Waals surface area contributed by atoms with Gasteiger partial charge < -0.3 is 15.5 Å². The molecular formula is C14H20N4O2. The Morgan fingerprint density at radius 1 is 1.30 bits per heavy atom. The van der Waals surface area contributed by atoms with Gasteiger partial charge in [-0.3, -0.25) is 4.79 Å². The van der Waals surface area contributed by atoms with E-state index >= 15 is 0 Å². The van der Waals surface area contributed by atoms with Gasteiger partial charge in [0.15, 0.2) is 0 Å². The molecule has 3 amide bonds. The lowest BCUT2D eigenvalue weighted by Crippen LogP contribution is -2.39. The fourth-order valence-corrected chi connectivity index (χ4v) is 2.06. The normalized spacial score (nSPS) is 14.2. The number of aromatic nitrogens is 1. The Kier molecular flexibility index (Phi) is 4.92. The van der Waals surface area contributed by atoms with Crippen LogP contribution < -0.4 is 10.6 Å². The van der Waals surface area contributed by atoms with Crippen LogP contribution in [0, 0.1) is 6.92 Å². The van der Waals surface area contributed by atoms with E-state index in [2.05, 4.69) is 15.6 Å². The molecule has 108 valence electrons. The first-order chi connectivity index (χ1) is 9.65. The monoisotopic (exact) mass is 276 g/mol. The van der Waals surface area contributed by atoms with E-state index in [-0.39, 0.29) is 18.4 Å². The predicted octanol–water partition coefficient (Wildman–Crippen LogP) is 1.52. The topological polar surface area (TPSA) is 74.3 Å². The van der Waals surface area contributed by atoms with Crippen LogP contribution in [0.5, 0.6) is 0 Å². The summed E-state index contributed by atoms with van der Waals surface area (Å²) in [6.07, 6.45) is 4.07. The second-order valence-electron chi connectivity index (χ2n) is 4.95. The number of pyridine rings is 1. The van der Waals surface area contributed by atoms with Gasteiger partial charge in [-0.2, -0.15) is 0 Å². The number of aryl methyl sites for hydroxylation is 1. The highest BCUT2D eigenvalue weighted by atomic mass is 16.2. The minimum Gasteiger partial charge on any atom is -0.337 e. The van der Waals surface area contributed by atoms with E-state index in [0.717, 1.165) is 31.5 Å². The molecule has 1 fully saturated rings. The number of hydrogen-bond donors (Lipinski definition) is 2. The lowest BCUT2D eigenvalue weighted by atomic mass is 10.3. The molecule has 2 rings (SSSR count). The Labute approximate surface area is 118 Å². The maximum absolute atomic E-state index is 11.7. The molecule has 2 N–H and O–H groups in total. The minimum absolute atomic E-state index is 0.0799. The van der Waals surface area contributed by atoms with Crippen molar-refractivity contribution in [3.05, 3.63) is 23.9 Å². The molecule has 20 heavy (non-hydrogen) atoms. The smallest absolute Gasteiger partial charge is 0.317 e. The third kappa shape index (κ3) is 4.22. The van der Waals surface area contributed by atoms with E-state index in [1.54, 1.807) is 17.2 Å². The maximum Gasteiger partial charge on any atom is 0.317 e. The highest BCUT2D eigenvalue weighted by Crippen LogP contribution is 2.07. The number of carbonyl (C=O) groups is 2. The number of urea groups is 1. The first-order valence-corrected chi connectivity index (χ1v) is 6.90. The Balaban J connectivity index is 1.67. The van der Waals surface area contributed by atoms with Crippen LogP contribution in [0.25, 0.3) is 0 Å². The van der Waals surface area contributed by atoms with Crippen LogP contribution in [-0.4, -0.2) is 41.5 Å². The van der Waals surface area contributed by atoms with Crippen LogP contribution >= 0.6 is 0 Å².